The predicted molar refractivity (Wildman–Crippen MR) is 65.1 cm³/mol. The zero-order valence-corrected chi connectivity index (χ0v) is 10.2. The lowest BCUT2D eigenvalue weighted by atomic mass is 9.84. The molecule has 2 heteroatoms. The smallest absolute Gasteiger partial charge is 0.0220 e. The van der Waals surface area contributed by atoms with E-state index < -0.39 is 0 Å². The van der Waals surface area contributed by atoms with Crippen LogP contribution in [-0.2, 0) is 0 Å². The third-order valence-corrected chi connectivity index (χ3v) is 4.16. The van der Waals surface area contributed by atoms with Crippen molar-refractivity contribution >= 4 is 0 Å². The number of hydrogen-bond donors (Lipinski definition) is 1. The first-order chi connectivity index (χ1) is 7.40. The molecule has 2 nitrogen and oxygen atoms in total. The molecule has 2 fully saturated rings. The van der Waals surface area contributed by atoms with E-state index in [2.05, 4.69) is 17.1 Å². The standard InChI is InChI=1S/C13H26N2/c1-2-15(11-12-6-5-7-12)13-8-3-4-9-14-10-13/h12-14H,2-11H2,1H3. The summed E-state index contributed by atoms with van der Waals surface area (Å²) >= 11 is 0. The molecule has 0 aromatic rings. The lowest BCUT2D eigenvalue weighted by molar-refractivity contribution is 0.133. The molecule has 88 valence electrons. The van der Waals surface area contributed by atoms with E-state index in [4.69, 9.17) is 0 Å². The van der Waals surface area contributed by atoms with E-state index in [1.165, 1.54) is 64.7 Å². The summed E-state index contributed by atoms with van der Waals surface area (Å²) in [6, 6.07) is 0.818. The average Bonchev–Trinajstić information content (AvgIpc) is 2.45. The van der Waals surface area contributed by atoms with Crippen LogP contribution in [0.3, 0.4) is 0 Å². The molecule has 1 aliphatic carbocycles. The Morgan fingerprint density at radius 3 is 2.67 bits per heavy atom. The minimum absolute atomic E-state index is 0.818. The van der Waals surface area contributed by atoms with Crippen molar-refractivity contribution in [3.8, 4) is 0 Å². The van der Waals surface area contributed by atoms with Gasteiger partial charge in [-0.1, -0.05) is 19.8 Å². The van der Waals surface area contributed by atoms with Crippen LogP contribution in [0.4, 0.5) is 0 Å². The third-order valence-electron chi connectivity index (χ3n) is 4.16. The van der Waals surface area contributed by atoms with Crippen LogP contribution >= 0.6 is 0 Å². The van der Waals surface area contributed by atoms with E-state index in [1.54, 1.807) is 0 Å². The summed E-state index contributed by atoms with van der Waals surface area (Å²) in [7, 11) is 0. The van der Waals surface area contributed by atoms with Crippen LogP contribution in [0.15, 0.2) is 0 Å². The van der Waals surface area contributed by atoms with E-state index in [0.717, 1.165) is 12.0 Å². The molecule has 2 rings (SSSR count). The highest BCUT2D eigenvalue weighted by Crippen LogP contribution is 2.28. The molecule has 1 unspecified atom stereocenters. The molecule has 0 aromatic heterocycles. The molecule has 2 aliphatic rings. The van der Waals surface area contributed by atoms with Crippen LogP contribution in [0, 0.1) is 5.92 Å². The Balaban J connectivity index is 1.79. The van der Waals surface area contributed by atoms with Gasteiger partial charge in [0.15, 0.2) is 0 Å². The molecule has 0 amide bonds. The molecule has 1 saturated heterocycles. The molecule has 0 bridgehead atoms. The van der Waals surface area contributed by atoms with E-state index in [-0.39, 0.29) is 0 Å². The fraction of sp³-hybridized carbons (Fsp3) is 1.00. The summed E-state index contributed by atoms with van der Waals surface area (Å²) in [5.74, 6) is 1.02. The molecule has 1 N–H and O–H groups in total. The van der Waals surface area contributed by atoms with E-state index in [9.17, 15) is 0 Å². The Morgan fingerprint density at radius 2 is 2.00 bits per heavy atom. The van der Waals surface area contributed by atoms with Crippen LogP contribution in [0.5, 0.6) is 0 Å². The van der Waals surface area contributed by atoms with Gasteiger partial charge in [0.1, 0.15) is 0 Å². The normalized spacial score (nSPS) is 28.8. The fourth-order valence-electron chi connectivity index (χ4n) is 2.86. The Bertz CT molecular complexity index is 169. The first-order valence-corrected chi connectivity index (χ1v) is 6.85. The molecule has 1 aliphatic heterocycles. The maximum absolute atomic E-state index is 3.58. The third kappa shape index (κ3) is 3.18. The zero-order valence-electron chi connectivity index (χ0n) is 10.2. The molecule has 1 heterocycles. The Kier molecular flexibility index (Phi) is 4.45. The summed E-state index contributed by atoms with van der Waals surface area (Å²) in [6.07, 6.45) is 8.64. The van der Waals surface area contributed by atoms with Gasteiger partial charge in [0.05, 0.1) is 0 Å². The minimum atomic E-state index is 0.818. The van der Waals surface area contributed by atoms with Crippen LogP contribution in [0.1, 0.15) is 45.4 Å². The van der Waals surface area contributed by atoms with E-state index in [0.29, 0.717) is 0 Å². The van der Waals surface area contributed by atoms with Gasteiger partial charge in [0.2, 0.25) is 0 Å². The highest BCUT2D eigenvalue weighted by atomic mass is 15.2. The van der Waals surface area contributed by atoms with Gasteiger partial charge in [-0.25, -0.2) is 0 Å². The average molecular weight is 210 g/mol. The second-order valence-corrected chi connectivity index (χ2v) is 5.24. The molecular weight excluding hydrogens is 184 g/mol. The number of nitrogens with one attached hydrogen (secondary N) is 1. The second-order valence-electron chi connectivity index (χ2n) is 5.24. The van der Waals surface area contributed by atoms with Crippen LogP contribution < -0.4 is 5.32 Å². The molecule has 0 radical (unpaired) electrons. The maximum atomic E-state index is 3.58. The van der Waals surface area contributed by atoms with Crippen molar-refractivity contribution in [3.63, 3.8) is 0 Å². The summed E-state index contributed by atoms with van der Waals surface area (Å²) in [4.78, 5) is 2.72. The minimum Gasteiger partial charge on any atom is -0.315 e. The summed E-state index contributed by atoms with van der Waals surface area (Å²) in [6.45, 7) is 7.38. The van der Waals surface area contributed by atoms with Crippen LogP contribution in [0.25, 0.3) is 0 Å². The largest absolute Gasteiger partial charge is 0.315 e. The molecular formula is C13H26N2. The Hall–Kier alpha value is -0.0800. The maximum Gasteiger partial charge on any atom is 0.0220 e. The van der Waals surface area contributed by atoms with Gasteiger partial charge in [-0.3, -0.25) is 4.90 Å². The van der Waals surface area contributed by atoms with Gasteiger partial charge < -0.3 is 5.32 Å². The van der Waals surface area contributed by atoms with E-state index >= 15 is 0 Å². The number of hydrogen-bond acceptors (Lipinski definition) is 2. The van der Waals surface area contributed by atoms with E-state index in [1.807, 2.05) is 0 Å². The van der Waals surface area contributed by atoms with Crippen molar-refractivity contribution in [3.05, 3.63) is 0 Å². The number of likely N-dealkylation sites (N-methyl/N-ethyl adjacent to an activating group) is 1. The van der Waals surface area contributed by atoms with Crippen LogP contribution in [0.2, 0.25) is 0 Å². The topological polar surface area (TPSA) is 15.3 Å². The number of rotatable bonds is 4. The molecule has 0 spiro atoms. The van der Waals surface area contributed by atoms with Gasteiger partial charge in [-0.05, 0) is 44.7 Å². The predicted octanol–water partition coefficient (Wildman–Crippen LogP) is 2.25. The highest BCUT2D eigenvalue weighted by molar-refractivity contribution is 4.80. The lowest BCUT2D eigenvalue weighted by Gasteiger charge is -2.36. The number of nitrogens with zero attached hydrogens (tertiary/aromatic N) is 1. The van der Waals surface area contributed by atoms with Gasteiger partial charge in [0, 0.05) is 19.1 Å². The highest BCUT2D eigenvalue weighted by Gasteiger charge is 2.24. The lowest BCUT2D eigenvalue weighted by Crippen LogP contribution is -2.44. The van der Waals surface area contributed by atoms with Gasteiger partial charge >= 0.3 is 0 Å². The van der Waals surface area contributed by atoms with Crippen molar-refractivity contribution in [1.82, 2.24) is 10.2 Å². The molecule has 1 saturated carbocycles. The first kappa shape index (κ1) is 11.4. The van der Waals surface area contributed by atoms with Gasteiger partial charge in [-0.15, -0.1) is 0 Å². The zero-order chi connectivity index (χ0) is 10.5. The summed E-state index contributed by atoms with van der Waals surface area (Å²) in [5.41, 5.74) is 0. The Labute approximate surface area is 94.4 Å². The van der Waals surface area contributed by atoms with Crippen LogP contribution in [-0.4, -0.2) is 37.1 Å². The Morgan fingerprint density at radius 1 is 1.13 bits per heavy atom. The molecule has 0 aromatic carbocycles. The molecule has 1 atom stereocenters. The molecule has 15 heavy (non-hydrogen) atoms. The fourth-order valence-corrected chi connectivity index (χ4v) is 2.86. The summed E-state index contributed by atoms with van der Waals surface area (Å²) in [5, 5.41) is 3.58. The first-order valence-electron chi connectivity index (χ1n) is 6.85. The quantitative estimate of drug-likeness (QED) is 0.765. The van der Waals surface area contributed by atoms with Crippen molar-refractivity contribution in [2.45, 2.75) is 51.5 Å². The second kappa shape index (κ2) is 5.86. The van der Waals surface area contributed by atoms with Gasteiger partial charge in [-0.2, -0.15) is 0 Å². The monoisotopic (exact) mass is 210 g/mol. The van der Waals surface area contributed by atoms with Gasteiger partial charge in [0.25, 0.3) is 0 Å². The van der Waals surface area contributed by atoms with Crippen molar-refractivity contribution in [2.24, 2.45) is 5.92 Å². The summed E-state index contributed by atoms with van der Waals surface area (Å²) < 4.78 is 0. The van der Waals surface area contributed by atoms with Crippen molar-refractivity contribution in [1.29, 1.82) is 0 Å². The SMILES string of the molecule is CCN(CC1CCC1)C1CCCCNC1. The van der Waals surface area contributed by atoms with Crippen molar-refractivity contribution in [2.75, 3.05) is 26.2 Å². The van der Waals surface area contributed by atoms with Crippen molar-refractivity contribution < 1.29 is 0 Å².